The van der Waals surface area contributed by atoms with Crippen molar-refractivity contribution in [2.75, 3.05) is 26.3 Å². The fourth-order valence-electron chi connectivity index (χ4n) is 4.55. The molecule has 0 atom stereocenters. The van der Waals surface area contributed by atoms with Gasteiger partial charge in [0.05, 0.1) is 5.41 Å². The normalized spacial score (nSPS) is 19.2. The van der Waals surface area contributed by atoms with E-state index in [0.717, 1.165) is 29.4 Å². The van der Waals surface area contributed by atoms with E-state index in [1.807, 2.05) is 12.1 Å². The third kappa shape index (κ3) is 4.73. The highest BCUT2D eigenvalue weighted by Crippen LogP contribution is 2.36. The molecule has 0 radical (unpaired) electrons. The van der Waals surface area contributed by atoms with E-state index in [0.29, 0.717) is 19.8 Å². The van der Waals surface area contributed by atoms with E-state index in [2.05, 4.69) is 62.5 Å². The summed E-state index contributed by atoms with van der Waals surface area (Å²) in [7, 11) is 0. The van der Waals surface area contributed by atoms with Crippen molar-refractivity contribution in [1.82, 2.24) is 10.2 Å². The molecule has 2 saturated heterocycles. The quantitative estimate of drug-likeness (QED) is 0.699. The Bertz CT molecular complexity index is 825. The number of benzene rings is 2. The molecule has 1 amide bonds. The van der Waals surface area contributed by atoms with Crippen LogP contribution in [0.25, 0.3) is 0 Å². The van der Waals surface area contributed by atoms with Crippen LogP contribution in [0.1, 0.15) is 42.4 Å². The van der Waals surface area contributed by atoms with Gasteiger partial charge >= 0.3 is 0 Å². The van der Waals surface area contributed by atoms with Crippen LogP contribution in [0.2, 0.25) is 0 Å². The Morgan fingerprint density at radius 3 is 2.34 bits per heavy atom. The summed E-state index contributed by atoms with van der Waals surface area (Å²) < 4.78 is 6.61. The molecule has 0 saturated carbocycles. The Morgan fingerprint density at radius 2 is 1.66 bits per heavy atom. The SMILES string of the molecule is O=C(NCc1ccccc1CN1CCCC1)C1(c2ccc(Br)cc2)CCOCC1. The standard InChI is InChI=1S/C24H29BrN2O2/c25-22-9-7-21(8-10-22)24(11-15-29-16-12-24)23(28)26-17-19-5-1-2-6-20(19)18-27-13-3-4-14-27/h1-2,5-10H,3-4,11-18H2,(H,26,28). The number of hydrogen-bond donors (Lipinski definition) is 1. The molecule has 0 spiro atoms. The summed E-state index contributed by atoms with van der Waals surface area (Å²) in [6, 6.07) is 16.7. The summed E-state index contributed by atoms with van der Waals surface area (Å²) in [4.78, 5) is 15.9. The van der Waals surface area contributed by atoms with Gasteiger partial charge in [-0.05, 0) is 67.6 Å². The third-order valence-electron chi connectivity index (χ3n) is 6.33. The number of nitrogens with one attached hydrogen (secondary N) is 1. The van der Waals surface area contributed by atoms with Crippen LogP contribution in [0.15, 0.2) is 53.0 Å². The van der Waals surface area contributed by atoms with Crippen LogP contribution in [-0.4, -0.2) is 37.1 Å². The van der Waals surface area contributed by atoms with Crippen molar-refractivity contribution in [3.63, 3.8) is 0 Å². The molecule has 2 aromatic carbocycles. The number of carbonyl (C=O) groups excluding carboxylic acids is 1. The monoisotopic (exact) mass is 456 g/mol. The molecule has 0 aromatic heterocycles. The Morgan fingerprint density at radius 1 is 1.00 bits per heavy atom. The zero-order valence-electron chi connectivity index (χ0n) is 16.8. The number of halogens is 1. The predicted molar refractivity (Wildman–Crippen MR) is 119 cm³/mol. The van der Waals surface area contributed by atoms with Crippen LogP contribution in [0, 0.1) is 0 Å². The molecule has 2 aliphatic rings. The summed E-state index contributed by atoms with van der Waals surface area (Å²) >= 11 is 3.50. The van der Waals surface area contributed by atoms with Gasteiger partial charge in [-0.2, -0.15) is 0 Å². The molecule has 154 valence electrons. The van der Waals surface area contributed by atoms with E-state index < -0.39 is 5.41 Å². The molecule has 2 aromatic rings. The van der Waals surface area contributed by atoms with Gasteiger partial charge < -0.3 is 10.1 Å². The van der Waals surface area contributed by atoms with Crippen LogP contribution < -0.4 is 5.32 Å². The Kier molecular flexibility index (Phi) is 6.68. The molecule has 0 unspecified atom stereocenters. The molecule has 2 aliphatic heterocycles. The molecule has 0 bridgehead atoms. The van der Waals surface area contributed by atoms with Crippen molar-refractivity contribution in [2.24, 2.45) is 0 Å². The first-order chi connectivity index (χ1) is 14.2. The Balaban J connectivity index is 1.49. The maximum atomic E-state index is 13.4. The smallest absolute Gasteiger partial charge is 0.231 e. The minimum absolute atomic E-state index is 0.110. The molecular weight excluding hydrogens is 428 g/mol. The predicted octanol–water partition coefficient (Wildman–Crippen LogP) is 4.41. The van der Waals surface area contributed by atoms with Gasteiger partial charge in [0, 0.05) is 30.8 Å². The van der Waals surface area contributed by atoms with Crippen LogP contribution >= 0.6 is 15.9 Å². The highest BCUT2D eigenvalue weighted by Gasteiger charge is 2.41. The first kappa shape index (κ1) is 20.6. The fourth-order valence-corrected chi connectivity index (χ4v) is 4.81. The molecular formula is C24H29BrN2O2. The second kappa shape index (κ2) is 9.41. The lowest BCUT2D eigenvalue weighted by atomic mass is 9.73. The van der Waals surface area contributed by atoms with E-state index in [1.165, 1.54) is 37.1 Å². The van der Waals surface area contributed by atoms with E-state index >= 15 is 0 Å². The average Bonchev–Trinajstić information content (AvgIpc) is 3.27. The second-order valence-electron chi connectivity index (χ2n) is 8.14. The van der Waals surface area contributed by atoms with Gasteiger partial charge in [0.2, 0.25) is 5.91 Å². The number of ether oxygens (including phenoxy) is 1. The number of carbonyl (C=O) groups is 1. The van der Waals surface area contributed by atoms with Crippen molar-refractivity contribution in [3.8, 4) is 0 Å². The van der Waals surface area contributed by atoms with E-state index in [9.17, 15) is 4.79 Å². The molecule has 4 rings (SSSR count). The third-order valence-corrected chi connectivity index (χ3v) is 6.86. The molecule has 29 heavy (non-hydrogen) atoms. The van der Waals surface area contributed by atoms with Crippen molar-refractivity contribution < 1.29 is 9.53 Å². The zero-order chi connectivity index (χ0) is 20.1. The topological polar surface area (TPSA) is 41.6 Å². The lowest BCUT2D eigenvalue weighted by Gasteiger charge is -2.36. The van der Waals surface area contributed by atoms with Crippen LogP contribution in [0.4, 0.5) is 0 Å². The summed E-state index contributed by atoms with van der Waals surface area (Å²) in [6.07, 6.45) is 4.01. The van der Waals surface area contributed by atoms with Crippen LogP contribution in [-0.2, 0) is 28.0 Å². The lowest BCUT2D eigenvalue weighted by molar-refractivity contribution is -0.130. The number of rotatable bonds is 6. The minimum atomic E-state index is -0.511. The summed E-state index contributed by atoms with van der Waals surface area (Å²) in [5.74, 6) is 0.110. The van der Waals surface area contributed by atoms with E-state index in [-0.39, 0.29) is 5.91 Å². The maximum absolute atomic E-state index is 13.4. The van der Waals surface area contributed by atoms with Crippen molar-refractivity contribution in [2.45, 2.75) is 44.2 Å². The molecule has 4 nitrogen and oxygen atoms in total. The number of amides is 1. The summed E-state index contributed by atoms with van der Waals surface area (Å²) in [5.41, 5.74) is 3.10. The van der Waals surface area contributed by atoms with Gasteiger partial charge in [-0.15, -0.1) is 0 Å². The van der Waals surface area contributed by atoms with E-state index in [4.69, 9.17) is 4.74 Å². The average molecular weight is 457 g/mol. The van der Waals surface area contributed by atoms with Crippen molar-refractivity contribution in [1.29, 1.82) is 0 Å². The fraction of sp³-hybridized carbons (Fsp3) is 0.458. The summed E-state index contributed by atoms with van der Waals surface area (Å²) in [5, 5.41) is 3.26. The highest BCUT2D eigenvalue weighted by molar-refractivity contribution is 9.10. The second-order valence-corrected chi connectivity index (χ2v) is 9.05. The summed E-state index contributed by atoms with van der Waals surface area (Å²) in [6.45, 7) is 5.13. The van der Waals surface area contributed by atoms with Gasteiger partial charge in [-0.3, -0.25) is 9.69 Å². The lowest BCUT2D eigenvalue weighted by Crippen LogP contribution is -2.47. The molecule has 2 heterocycles. The number of likely N-dealkylation sites (tertiary alicyclic amines) is 1. The zero-order valence-corrected chi connectivity index (χ0v) is 18.4. The minimum Gasteiger partial charge on any atom is -0.381 e. The number of nitrogens with zero attached hydrogens (tertiary/aromatic N) is 1. The molecule has 2 fully saturated rings. The Hall–Kier alpha value is -1.69. The van der Waals surface area contributed by atoms with Gasteiger partial charge in [0.25, 0.3) is 0 Å². The first-order valence-corrected chi connectivity index (χ1v) is 11.4. The van der Waals surface area contributed by atoms with Crippen molar-refractivity contribution in [3.05, 3.63) is 69.7 Å². The van der Waals surface area contributed by atoms with Gasteiger partial charge in [0.15, 0.2) is 0 Å². The first-order valence-electron chi connectivity index (χ1n) is 10.6. The van der Waals surface area contributed by atoms with Crippen molar-refractivity contribution >= 4 is 21.8 Å². The van der Waals surface area contributed by atoms with Crippen LogP contribution in [0.5, 0.6) is 0 Å². The highest BCUT2D eigenvalue weighted by atomic mass is 79.9. The van der Waals surface area contributed by atoms with Gasteiger partial charge in [0.1, 0.15) is 0 Å². The molecule has 0 aliphatic carbocycles. The maximum Gasteiger partial charge on any atom is 0.231 e. The van der Waals surface area contributed by atoms with E-state index in [1.54, 1.807) is 0 Å². The Labute approximate surface area is 181 Å². The molecule has 1 N–H and O–H groups in total. The largest absolute Gasteiger partial charge is 0.381 e. The van der Waals surface area contributed by atoms with Gasteiger partial charge in [-0.25, -0.2) is 0 Å². The van der Waals surface area contributed by atoms with Gasteiger partial charge in [-0.1, -0.05) is 52.3 Å². The number of hydrogen-bond acceptors (Lipinski definition) is 3. The molecule has 5 heteroatoms. The van der Waals surface area contributed by atoms with Crippen LogP contribution in [0.3, 0.4) is 0 Å².